The van der Waals surface area contributed by atoms with Crippen LogP contribution >= 0.6 is 0 Å². The Morgan fingerprint density at radius 2 is 2.20 bits per heavy atom. The van der Waals surface area contributed by atoms with Crippen LogP contribution < -0.4 is 5.73 Å². The van der Waals surface area contributed by atoms with E-state index in [1.165, 1.54) is 7.05 Å². The quantitative estimate of drug-likeness (QED) is 0.509. The number of amidine groups is 1. The number of aliphatic carboxylic acids is 1. The molecule has 1 aliphatic rings. The van der Waals surface area contributed by atoms with Crippen LogP contribution in [0.4, 0.5) is 4.39 Å². The molecule has 0 aromatic heterocycles. The minimum absolute atomic E-state index is 0.108. The largest absolute Gasteiger partial charge is 0.481 e. The molecule has 5 nitrogen and oxygen atoms in total. The van der Waals surface area contributed by atoms with E-state index in [1.807, 2.05) is 0 Å². The second-order valence-electron chi connectivity index (χ2n) is 3.78. The third kappa shape index (κ3) is 1.93. The smallest absolute Gasteiger partial charge is 0.312 e. The molecule has 1 heterocycles. The standard InChI is InChI=1S/C9H14FN3O2/c1-9(8(14)15)4-13(5-9)7(12-2)6(10)3-11/h3H,4-5,11H2,1-2H3,(H,14,15). The van der Waals surface area contributed by atoms with Crippen LogP contribution in [0.3, 0.4) is 0 Å². The average molecular weight is 215 g/mol. The SMILES string of the molecule is CN=C(C(F)=CN)N1CC(C)(C(=O)O)C1. The van der Waals surface area contributed by atoms with E-state index in [2.05, 4.69) is 4.99 Å². The van der Waals surface area contributed by atoms with Gasteiger partial charge in [0, 0.05) is 26.3 Å². The minimum Gasteiger partial charge on any atom is -0.481 e. The van der Waals surface area contributed by atoms with Crippen LogP contribution in [-0.2, 0) is 4.79 Å². The molecule has 0 atom stereocenters. The van der Waals surface area contributed by atoms with Crippen LogP contribution in [-0.4, -0.2) is 41.9 Å². The monoisotopic (exact) mass is 215 g/mol. The zero-order chi connectivity index (χ0) is 11.6. The van der Waals surface area contributed by atoms with E-state index in [0.29, 0.717) is 0 Å². The van der Waals surface area contributed by atoms with Gasteiger partial charge in [-0.15, -0.1) is 0 Å². The van der Waals surface area contributed by atoms with Gasteiger partial charge in [0.15, 0.2) is 11.7 Å². The van der Waals surface area contributed by atoms with E-state index >= 15 is 0 Å². The fourth-order valence-electron chi connectivity index (χ4n) is 1.56. The maximum Gasteiger partial charge on any atom is 0.312 e. The van der Waals surface area contributed by atoms with Crippen LogP contribution in [0, 0.1) is 5.41 Å². The van der Waals surface area contributed by atoms with Gasteiger partial charge >= 0.3 is 5.97 Å². The second-order valence-corrected chi connectivity index (χ2v) is 3.78. The van der Waals surface area contributed by atoms with Gasteiger partial charge in [-0.3, -0.25) is 9.79 Å². The molecular weight excluding hydrogens is 201 g/mol. The van der Waals surface area contributed by atoms with Crippen LogP contribution in [0.25, 0.3) is 0 Å². The summed E-state index contributed by atoms with van der Waals surface area (Å²) >= 11 is 0. The molecule has 3 N–H and O–H groups in total. The average Bonchev–Trinajstić information content (AvgIpc) is 2.15. The summed E-state index contributed by atoms with van der Waals surface area (Å²) in [4.78, 5) is 16.1. The molecule has 0 unspecified atom stereocenters. The maximum absolute atomic E-state index is 13.1. The molecule has 0 aromatic carbocycles. The summed E-state index contributed by atoms with van der Waals surface area (Å²) in [6.45, 7) is 2.11. The van der Waals surface area contributed by atoms with Crippen molar-refractivity contribution >= 4 is 11.8 Å². The summed E-state index contributed by atoms with van der Waals surface area (Å²) in [5.41, 5.74) is 4.22. The number of carboxylic acid groups (broad SMARTS) is 1. The number of nitrogens with zero attached hydrogens (tertiary/aromatic N) is 2. The maximum atomic E-state index is 13.1. The van der Waals surface area contributed by atoms with Gasteiger partial charge in [-0.2, -0.15) is 0 Å². The first-order chi connectivity index (χ1) is 6.94. The van der Waals surface area contributed by atoms with E-state index in [4.69, 9.17) is 10.8 Å². The Kier molecular flexibility index (Phi) is 2.97. The molecule has 1 saturated heterocycles. The third-order valence-electron chi connectivity index (χ3n) is 2.47. The lowest BCUT2D eigenvalue weighted by Gasteiger charge is -2.46. The van der Waals surface area contributed by atoms with Crippen LogP contribution in [0.5, 0.6) is 0 Å². The summed E-state index contributed by atoms with van der Waals surface area (Å²) in [5, 5.41) is 8.86. The molecule has 15 heavy (non-hydrogen) atoms. The molecule has 1 aliphatic heterocycles. The first kappa shape index (κ1) is 11.5. The Morgan fingerprint density at radius 3 is 2.53 bits per heavy atom. The molecule has 0 aliphatic carbocycles. The van der Waals surface area contributed by atoms with Crippen molar-refractivity contribution in [1.29, 1.82) is 0 Å². The predicted molar refractivity (Wildman–Crippen MR) is 54.1 cm³/mol. The van der Waals surface area contributed by atoms with Crippen LogP contribution in [0.2, 0.25) is 0 Å². The Morgan fingerprint density at radius 1 is 1.67 bits per heavy atom. The summed E-state index contributed by atoms with van der Waals surface area (Å²) in [7, 11) is 1.44. The lowest BCUT2D eigenvalue weighted by molar-refractivity contribution is -0.155. The van der Waals surface area contributed by atoms with Crippen molar-refractivity contribution in [3.8, 4) is 0 Å². The molecule has 0 saturated carbocycles. The number of hydrogen-bond acceptors (Lipinski definition) is 3. The summed E-state index contributed by atoms with van der Waals surface area (Å²) < 4.78 is 13.1. The summed E-state index contributed by atoms with van der Waals surface area (Å²) in [6.07, 6.45) is 0.818. The number of carbonyl (C=O) groups is 1. The van der Waals surface area contributed by atoms with Crippen molar-refractivity contribution in [1.82, 2.24) is 4.90 Å². The Hall–Kier alpha value is -1.59. The summed E-state index contributed by atoms with van der Waals surface area (Å²) in [6, 6.07) is 0. The van der Waals surface area contributed by atoms with Crippen LogP contribution in [0.15, 0.2) is 17.0 Å². The van der Waals surface area contributed by atoms with E-state index in [9.17, 15) is 9.18 Å². The zero-order valence-corrected chi connectivity index (χ0v) is 8.70. The highest BCUT2D eigenvalue weighted by molar-refractivity contribution is 5.97. The predicted octanol–water partition coefficient (Wildman–Crippen LogP) is 0.191. The van der Waals surface area contributed by atoms with E-state index in [0.717, 1.165) is 6.20 Å². The normalized spacial score (nSPS) is 21.1. The molecule has 0 aromatic rings. The molecular formula is C9H14FN3O2. The Bertz CT molecular complexity index is 332. The number of halogens is 1. The molecule has 0 spiro atoms. The van der Waals surface area contributed by atoms with Crippen molar-refractivity contribution in [2.75, 3.05) is 20.1 Å². The highest BCUT2D eigenvalue weighted by Gasteiger charge is 2.47. The van der Waals surface area contributed by atoms with Crippen LogP contribution in [0.1, 0.15) is 6.92 Å². The van der Waals surface area contributed by atoms with Crippen molar-refractivity contribution in [3.63, 3.8) is 0 Å². The van der Waals surface area contributed by atoms with Gasteiger partial charge in [-0.05, 0) is 6.92 Å². The van der Waals surface area contributed by atoms with Crippen molar-refractivity contribution < 1.29 is 14.3 Å². The highest BCUT2D eigenvalue weighted by Crippen LogP contribution is 2.31. The van der Waals surface area contributed by atoms with Gasteiger partial charge in [-0.25, -0.2) is 4.39 Å². The number of likely N-dealkylation sites (tertiary alicyclic amines) is 1. The van der Waals surface area contributed by atoms with Gasteiger partial charge in [0.05, 0.1) is 5.41 Å². The first-order valence-electron chi connectivity index (χ1n) is 4.47. The van der Waals surface area contributed by atoms with Gasteiger partial charge < -0.3 is 15.7 Å². The Balaban J connectivity index is 2.69. The third-order valence-corrected chi connectivity index (χ3v) is 2.47. The minimum atomic E-state index is -0.883. The van der Waals surface area contributed by atoms with Crippen molar-refractivity contribution in [2.24, 2.45) is 16.1 Å². The van der Waals surface area contributed by atoms with Gasteiger partial charge in [-0.1, -0.05) is 0 Å². The zero-order valence-electron chi connectivity index (χ0n) is 8.70. The molecule has 6 heteroatoms. The van der Waals surface area contributed by atoms with E-state index in [-0.39, 0.29) is 18.9 Å². The second kappa shape index (κ2) is 3.88. The molecule has 0 radical (unpaired) electrons. The Labute approximate surface area is 87.1 Å². The van der Waals surface area contributed by atoms with Gasteiger partial charge in [0.25, 0.3) is 0 Å². The number of aliphatic imine (C=N–C) groups is 1. The number of hydrogen-bond donors (Lipinski definition) is 2. The fraction of sp³-hybridized carbons (Fsp3) is 0.556. The summed E-state index contributed by atoms with van der Waals surface area (Å²) in [5.74, 6) is -1.41. The number of nitrogens with two attached hydrogens (primary N) is 1. The fourth-order valence-corrected chi connectivity index (χ4v) is 1.56. The number of carboxylic acids is 1. The van der Waals surface area contributed by atoms with Crippen molar-refractivity contribution in [3.05, 3.63) is 12.0 Å². The van der Waals surface area contributed by atoms with Gasteiger partial charge in [0.2, 0.25) is 0 Å². The van der Waals surface area contributed by atoms with E-state index in [1.54, 1.807) is 11.8 Å². The van der Waals surface area contributed by atoms with E-state index < -0.39 is 17.2 Å². The number of rotatable bonds is 2. The lowest BCUT2D eigenvalue weighted by Crippen LogP contribution is -2.60. The highest BCUT2D eigenvalue weighted by atomic mass is 19.1. The topological polar surface area (TPSA) is 78.9 Å². The van der Waals surface area contributed by atoms with Gasteiger partial charge in [0.1, 0.15) is 0 Å². The molecule has 1 rings (SSSR count). The first-order valence-corrected chi connectivity index (χ1v) is 4.47. The molecule has 0 amide bonds. The molecule has 84 valence electrons. The lowest BCUT2D eigenvalue weighted by atomic mass is 9.82. The molecule has 0 bridgehead atoms. The van der Waals surface area contributed by atoms with Crippen molar-refractivity contribution in [2.45, 2.75) is 6.92 Å². The molecule has 1 fully saturated rings.